The molecule has 0 saturated carbocycles. The molecule has 0 saturated heterocycles. The molecule has 0 fully saturated rings. The Morgan fingerprint density at radius 3 is 2.21 bits per heavy atom. The molecule has 1 rings (SSSR count). The highest BCUT2D eigenvalue weighted by Crippen LogP contribution is 2.24. The molecule has 0 aliphatic heterocycles. The van der Waals surface area contributed by atoms with Crippen LogP contribution < -0.4 is 0 Å². The predicted octanol–water partition coefficient (Wildman–Crippen LogP) is 4.33. The fourth-order valence-electron chi connectivity index (χ4n) is 2.92. The molecule has 1 aromatic carbocycles. The number of rotatable bonds is 9. The zero-order valence-electron chi connectivity index (χ0n) is 16.7. The molecular formula is C21H37NO2. The molecule has 0 spiro atoms. The van der Waals surface area contributed by atoms with Crippen LogP contribution in [0.2, 0.25) is 0 Å². The average molecular weight is 336 g/mol. The summed E-state index contributed by atoms with van der Waals surface area (Å²) in [6, 6.07) is 10.1. The number of nitrogens with zero attached hydrogens (tertiary/aromatic N) is 1. The van der Waals surface area contributed by atoms with E-state index in [1.165, 1.54) is 0 Å². The lowest BCUT2D eigenvalue weighted by Crippen LogP contribution is -2.36. The molecule has 3 heteroatoms. The van der Waals surface area contributed by atoms with E-state index in [0.717, 1.165) is 24.8 Å². The summed E-state index contributed by atoms with van der Waals surface area (Å²) < 4.78 is 0. The Morgan fingerprint density at radius 2 is 1.75 bits per heavy atom. The minimum atomic E-state index is -0.695. The van der Waals surface area contributed by atoms with Gasteiger partial charge in [-0.25, -0.2) is 0 Å². The van der Waals surface area contributed by atoms with E-state index in [0.29, 0.717) is 12.3 Å². The van der Waals surface area contributed by atoms with Gasteiger partial charge in [0.05, 0.1) is 11.6 Å². The van der Waals surface area contributed by atoms with Crippen molar-refractivity contribution >= 4 is 5.78 Å². The van der Waals surface area contributed by atoms with E-state index in [-0.39, 0.29) is 11.8 Å². The first kappa shape index (κ1) is 22.8. The Labute approximate surface area is 149 Å². The van der Waals surface area contributed by atoms with Gasteiger partial charge in [0.2, 0.25) is 0 Å². The SMILES string of the molecule is CC.CC(=O)[C@H](C[C@H](C)CCC(C)(O)Cc1ccccc1)N(C)C. The second-order valence-corrected chi connectivity index (χ2v) is 7.13. The van der Waals surface area contributed by atoms with Gasteiger partial charge in [-0.05, 0) is 58.7 Å². The number of hydrogen-bond acceptors (Lipinski definition) is 3. The lowest BCUT2D eigenvalue weighted by molar-refractivity contribution is -0.121. The van der Waals surface area contributed by atoms with Crippen LogP contribution in [0.5, 0.6) is 0 Å². The summed E-state index contributed by atoms with van der Waals surface area (Å²) in [6.07, 6.45) is 3.20. The zero-order valence-corrected chi connectivity index (χ0v) is 16.7. The van der Waals surface area contributed by atoms with E-state index >= 15 is 0 Å². The highest BCUT2D eigenvalue weighted by Gasteiger charge is 2.24. The molecule has 0 heterocycles. The standard InChI is InChI=1S/C19H31NO2.C2H6/c1-15(13-18(16(2)21)20(4)5)11-12-19(3,22)14-17-9-7-6-8-10-17;1-2/h6-10,15,18,22H,11-14H2,1-5H3;1-2H3/t15-,18+,19?;/m1./s1. The molecule has 3 atom stereocenters. The molecule has 0 radical (unpaired) electrons. The normalized spacial score (nSPS) is 15.9. The van der Waals surface area contributed by atoms with E-state index in [1.807, 2.05) is 58.0 Å². The molecule has 24 heavy (non-hydrogen) atoms. The van der Waals surface area contributed by atoms with E-state index in [1.54, 1.807) is 6.92 Å². The second-order valence-electron chi connectivity index (χ2n) is 7.13. The quantitative estimate of drug-likeness (QED) is 0.730. The van der Waals surface area contributed by atoms with Crippen molar-refractivity contribution in [2.45, 2.75) is 71.9 Å². The summed E-state index contributed by atoms with van der Waals surface area (Å²) >= 11 is 0. The summed E-state index contributed by atoms with van der Waals surface area (Å²) in [6.45, 7) is 9.72. The molecule has 1 unspecified atom stereocenters. The van der Waals surface area contributed by atoms with Crippen LogP contribution in [0, 0.1) is 5.92 Å². The summed E-state index contributed by atoms with van der Waals surface area (Å²) in [7, 11) is 3.90. The van der Waals surface area contributed by atoms with Crippen molar-refractivity contribution in [1.82, 2.24) is 4.90 Å². The minimum Gasteiger partial charge on any atom is -0.390 e. The first-order chi connectivity index (χ1) is 11.2. The number of ketones is 1. The van der Waals surface area contributed by atoms with Gasteiger partial charge in [0, 0.05) is 6.42 Å². The van der Waals surface area contributed by atoms with Crippen LogP contribution in [0.4, 0.5) is 0 Å². The second kappa shape index (κ2) is 11.4. The fourth-order valence-corrected chi connectivity index (χ4v) is 2.92. The van der Waals surface area contributed by atoms with Crippen LogP contribution in [-0.2, 0) is 11.2 Å². The maximum atomic E-state index is 11.7. The Morgan fingerprint density at radius 1 is 1.21 bits per heavy atom. The van der Waals surface area contributed by atoms with Gasteiger partial charge in [0.1, 0.15) is 5.78 Å². The van der Waals surface area contributed by atoms with Crippen molar-refractivity contribution in [3.63, 3.8) is 0 Å². The van der Waals surface area contributed by atoms with Gasteiger partial charge in [-0.1, -0.05) is 51.1 Å². The molecule has 3 nitrogen and oxygen atoms in total. The molecule has 0 bridgehead atoms. The van der Waals surface area contributed by atoms with Crippen molar-refractivity contribution in [2.75, 3.05) is 14.1 Å². The monoisotopic (exact) mass is 335 g/mol. The molecule has 1 N–H and O–H groups in total. The predicted molar refractivity (Wildman–Crippen MR) is 103 cm³/mol. The van der Waals surface area contributed by atoms with Crippen molar-refractivity contribution in [3.05, 3.63) is 35.9 Å². The van der Waals surface area contributed by atoms with E-state index in [9.17, 15) is 9.90 Å². The maximum absolute atomic E-state index is 11.7. The zero-order chi connectivity index (χ0) is 18.8. The van der Waals surface area contributed by atoms with Crippen molar-refractivity contribution in [1.29, 1.82) is 0 Å². The van der Waals surface area contributed by atoms with Crippen LogP contribution >= 0.6 is 0 Å². The molecular weight excluding hydrogens is 298 g/mol. The summed E-state index contributed by atoms with van der Waals surface area (Å²) in [5.74, 6) is 0.631. The van der Waals surface area contributed by atoms with Crippen LogP contribution in [-0.4, -0.2) is 41.5 Å². The maximum Gasteiger partial charge on any atom is 0.146 e. The van der Waals surface area contributed by atoms with Crippen LogP contribution in [0.1, 0.15) is 59.4 Å². The third-order valence-corrected chi connectivity index (χ3v) is 4.32. The third-order valence-electron chi connectivity index (χ3n) is 4.32. The summed E-state index contributed by atoms with van der Waals surface area (Å²) in [4.78, 5) is 13.7. The number of likely N-dealkylation sites (N-methyl/N-ethyl adjacent to an activating group) is 1. The van der Waals surface area contributed by atoms with E-state index in [2.05, 4.69) is 19.1 Å². The van der Waals surface area contributed by atoms with Crippen molar-refractivity contribution in [2.24, 2.45) is 5.92 Å². The molecule has 1 aromatic rings. The highest BCUT2D eigenvalue weighted by atomic mass is 16.3. The first-order valence-electron chi connectivity index (χ1n) is 9.14. The lowest BCUT2D eigenvalue weighted by Gasteiger charge is -2.28. The fraction of sp³-hybridized carbons (Fsp3) is 0.667. The average Bonchev–Trinajstić information content (AvgIpc) is 2.52. The number of Topliss-reactive ketones (excluding diaryl/α,β-unsaturated/α-hetero) is 1. The van der Waals surface area contributed by atoms with Gasteiger partial charge in [-0.3, -0.25) is 9.69 Å². The highest BCUT2D eigenvalue weighted by molar-refractivity contribution is 5.81. The molecule has 0 aliphatic rings. The number of hydrogen-bond donors (Lipinski definition) is 1. The number of carbonyl (C=O) groups is 1. The number of carbonyl (C=O) groups excluding carboxylic acids is 1. The third kappa shape index (κ3) is 9.19. The van der Waals surface area contributed by atoms with Gasteiger partial charge in [-0.2, -0.15) is 0 Å². The van der Waals surface area contributed by atoms with Crippen LogP contribution in [0.15, 0.2) is 30.3 Å². The Kier molecular flexibility index (Phi) is 10.8. The van der Waals surface area contributed by atoms with E-state index < -0.39 is 5.60 Å². The topological polar surface area (TPSA) is 40.5 Å². The van der Waals surface area contributed by atoms with Crippen LogP contribution in [0.3, 0.4) is 0 Å². The Hall–Kier alpha value is -1.19. The molecule has 138 valence electrons. The smallest absolute Gasteiger partial charge is 0.146 e. The van der Waals surface area contributed by atoms with Crippen molar-refractivity contribution < 1.29 is 9.90 Å². The lowest BCUT2D eigenvalue weighted by atomic mass is 9.86. The largest absolute Gasteiger partial charge is 0.390 e. The van der Waals surface area contributed by atoms with E-state index in [4.69, 9.17) is 0 Å². The van der Waals surface area contributed by atoms with Gasteiger partial charge < -0.3 is 5.11 Å². The Balaban J connectivity index is 0.00000254. The minimum absolute atomic E-state index is 0.0194. The molecule has 0 amide bonds. The van der Waals surface area contributed by atoms with Gasteiger partial charge in [0.25, 0.3) is 0 Å². The van der Waals surface area contributed by atoms with Crippen LogP contribution in [0.25, 0.3) is 0 Å². The first-order valence-corrected chi connectivity index (χ1v) is 9.14. The summed E-state index contributed by atoms with van der Waals surface area (Å²) in [5, 5.41) is 10.6. The van der Waals surface area contributed by atoms with Crippen molar-refractivity contribution in [3.8, 4) is 0 Å². The Bertz CT molecular complexity index is 454. The summed E-state index contributed by atoms with van der Waals surface area (Å²) in [5.41, 5.74) is 0.467. The van der Waals surface area contributed by atoms with Gasteiger partial charge >= 0.3 is 0 Å². The molecule has 0 aliphatic carbocycles. The molecule has 0 aromatic heterocycles. The number of benzene rings is 1. The van der Waals surface area contributed by atoms with Gasteiger partial charge in [0.15, 0.2) is 0 Å². The van der Waals surface area contributed by atoms with Gasteiger partial charge in [-0.15, -0.1) is 0 Å². The number of aliphatic hydroxyl groups is 1.